The molecule has 0 spiro atoms. The molecule has 0 heterocycles. The van der Waals surface area contributed by atoms with Crippen molar-refractivity contribution in [3.8, 4) is 0 Å². The second kappa shape index (κ2) is 8.64. The van der Waals surface area contributed by atoms with Crippen LogP contribution < -0.4 is 26.8 Å². The summed E-state index contributed by atoms with van der Waals surface area (Å²) in [5, 5.41) is 0. The Balaban J connectivity index is 3.14. The quantitative estimate of drug-likeness (QED) is 0.298. The van der Waals surface area contributed by atoms with E-state index in [1.54, 1.807) is 6.92 Å². The van der Waals surface area contributed by atoms with E-state index in [0.29, 0.717) is 0 Å². The summed E-state index contributed by atoms with van der Waals surface area (Å²) in [5.41, 5.74) is 5.57. The van der Waals surface area contributed by atoms with E-state index in [4.69, 9.17) is 5.73 Å². The third kappa shape index (κ3) is 7.69. The fourth-order valence-corrected chi connectivity index (χ4v) is 2.75. The van der Waals surface area contributed by atoms with Crippen LogP contribution in [-0.4, -0.2) is 18.4 Å². The number of hydrogen-bond donors (Lipinski definition) is 2. The molecule has 74 valence electrons. The summed E-state index contributed by atoms with van der Waals surface area (Å²) >= 11 is 2.57. The van der Waals surface area contributed by atoms with E-state index in [1.165, 1.54) is 0 Å². The molecular weight excluding hydrogens is 382 g/mol. The van der Waals surface area contributed by atoms with E-state index in [0.717, 1.165) is 25.8 Å². The third-order valence-corrected chi connectivity index (χ3v) is 4.37. The van der Waals surface area contributed by atoms with E-state index in [9.17, 15) is 4.79 Å². The predicted molar refractivity (Wildman–Crippen MR) is 54.5 cm³/mol. The van der Waals surface area contributed by atoms with Crippen LogP contribution in [0.5, 0.6) is 0 Å². The molecule has 0 aromatic carbocycles. The molecule has 0 aliphatic carbocycles. The molecule has 3 N–H and O–H groups in total. The van der Waals surface area contributed by atoms with Gasteiger partial charge >= 0.3 is 94.7 Å². The molecule has 12 heavy (non-hydrogen) atoms. The first kappa shape index (κ1) is 13.1. The van der Waals surface area contributed by atoms with Crippen LogP contribution in [0.25, 0.3) is 0 Å². The number of hydrogen-bond acceptors (Lipinski definition) is 3. The second-order valence-electron chi connectivity index (χ2n) is 2.67. The van der Waals surface area contributed by atoms with Crippen molar-refractivity contribution in [2.75, 3.05) is 6.54 Å². The Morgan fingerprint density at radius 1 is 1.67 bits per heavy atom. The average Bonchev–Trinajstić information content (AvgIpc) is 2.03. The Kier molecular flexibility index (Phi) is 9.40. The molecule has 0 radical (unpaired) electrons. The maximum absolute atomic E-state index is 10.7. The number of carbonyl (C=O) groups is 1. The normalized spacial score (nSPS) is 13.2. The van der Waals surface area contributed by atoms with Gasteiger partial charge in [0.2, 0.25) is 0 Å². The molecule has 1 unspecified atom stereocenters. The molecule has 0 aliphatic heterocycles. The Labute approximate surface area is 94.0 Å². The van der Waals surface area contributed by atoms with Gasteiger partial charge in [0, 0.05) is 0 Å². The predicted octanol–water partition coefficient (Wildman–Crippen LogP) is -1.98. The molecule has 0 aromatic rings. The zero-order valence-corrected chi connectivity index (χ0v) is 11.5. The summed E-state index contributed by atoms with van der Waals surface area (Å²) in [5.74, 6) is 0.101. The number of rotatable bonds is 7. The number of nitrogens with two attached hydrogens (primary N) is 1. The van der Waals surface area contributed by atoms with Gasteiger partial charge in [-0.05, 0) is 0 Å². The van der Waals surface area contributed by atoms with Crippen LogP contribution >= 0.6 is 18.6 Å². The van der Waals surface area contributed by atoms with Crippen LogP contribution in [0.3, 0.4) is 0 Å². The van der Waals surface area contributed by atoms with Crippen LogP contribution in [0.2, 0.25) is 0 Å². The van der Waals surface area contributed by atoms with Crippen LogP contribution in [0.1, 0.15) is 26.2 Å². The topological polar surface area (TPSA) is 55.1 Å². The molecular formula is C7H15I2N2O-. The van der Waals surface area contributed by atoms with E-state index < -0.39 is 0 Å². The van der Waals surface area contributed by atoms with Gasteiger partial charge in [-0.15, -0.1) is 0 Å². The van der Waals surface area contributed by atoms with Crippen LogP contribution in [-0.2, 0) is 4.79 Å². The SMILES string of the molecule is CC(=O)C(N)CCCCN[I-]I. The fraction of sp³-hybridized carbons (Fsp3) is 0.857. The summed E-state index contributed by atoms with van der Waals surface area (Å²) < 4.78 is 3.32. The fourth-order valence-electron chi connectivity index (χ4n) is 0.795. The van der Waals surface area contributed by atoms with Gasteiger partial charge in [0.25, 0.3) is 0 Å². The molecule has 0 rings (SSSR count). The van der Waals surface area contributed by atoms with Gasteiger partial charge in [-0.3, -0.25) is 0 Å². The van der Waals surface area contributed by atoms with Crippen LogP contribution in [0.15, 0.2) is 0 Å². The second-order valence-corrected chi connectivity index (χ2v) is 6.57. The van der Waals surface area contributed by atoms with Crippen molar-refractivity contribution in [1.82, 2.24) is 3.53 Å². The summed E-state index contributed by atoms with van der Waals surface area (Å²) in [7, 11) is 0. The monoisotopic (exact) mass is 397 g/mol. The molecule has 0 fully saturated rings. The van der Waals surface area contributed by atoms with Crippen molar-refractivity contribution in [2.24, 2.45) is 5.73 Å². The van der Waals surface area contributed by atoms with Crippen molar-refractivity contribution in [3.63, 3.8) is 0 Å². The Morgan fingerprint density at radius 3 is 2.83 bits per heavy atom. The van der Waals surface area contributed by atoms with Crippen LogP contribution in [0, 0.1) is 0 Å². The first-order valence-corrected chi connectivity index (χ1v) is 11.3. The number of carbonyl (C=O) groups excluding carboxylic acids is 1. The summed E-state index contributed by atoms with van der Waals surface area (Å²) in [6.07, 6.45) is 3.01. The van der Waals surface area contributed by atoms with Crippen molar-refractivity contribution in [1.29, 1.82) is 0 Å². The van der Waals surface area contributed by atoms with Gasteiger partial charge in [-0.1, -0.05) is 0 Å². The number of ketones is 1. The minimum absolute atomic E-state index is 0.101. The first-order valence-electron chi connectivity index (χ1n) is 3.92. The first-order chi connectivity index (χ1) is 5.68. The molecule has 5 heteroatoms. The zero-order chi connectivity index (χ0) is 9.40. The van der Waals surface area contributed by atoms with Gasteiger partial charge in [0.05, 0.1) is 0 Å². The van der Waals surface area contributed by atoms with E-state index >= 15 is 0 Å². The minimum atomic E-state index is -0.237. The zero-order valence-electron chi connectivity index (χ0n) is 7.15. The molecule has 0 bridgehead atoms. The molecule has 0 saturated heterocycles. The number of halogens is 2. The third-order valence-electron chi connectivity index (χ3n) is 1.61. The van der Waals surface area contributed by atoms with Gasteiger partial charge in [0.1, 0.15) is 0 Å². The van der Waals surface area contributed by atoms with Gasteiger partial charge < -0.3 is 0 Å². The summed E-state index contributed by atoms with van der Waals surface area (Å²) in [4.78, 5) is 10.7. The molecule has 1 atom stereocenters. The van der Waals surface area contributed by atoms with E-state index in [1.807, 2.05) is 0 Å². The van der Waals surface area contributed by atoms with Crippen LogP contribution in [0.4, 0.5) is 0 Å². The van der Waals surface area contributed by atoms with Crippen molar-refractivity contribution >= 4 is 24.4 Å². The maximum atomic E-state index is 10.7. The number of Topliss-reactive ketones (excluding diaryl/α,β-unsaturated/α-hetero) is 1. The van der Waals surface area contributed by atoms with E-state index in [-0.39, 0.29) is 29.3 Å². The van der Waals surface area contributed by atoms with Crippen molar-refractivity contribution < 1.29 is 22.3 Å². The number of unbranched alkanes of at least 4 members (excludes halogenated alkanes) is 1. The van der Waals surface area contributed by atoms with Gasteiger partial charge in [0.15, 0.2) is 0 Å². The summed E-state index contributed by atoms with van der Waals surface area (Å²) in [6.45, 7) is 2.63. The Bertz CT molecular complexity index is 133. The van der Waals surface area contributed by atoms with Gasteiger partial charge in [-0.25, -0.2) is 0 Å². The van der Waals surface area contributed by atoms with Crippen molar-refractivity contribution in [2.45, 2.75) is 32.2 Å². The number of nitrogens with one attached hydrogen (secondary N) is 1. The van der Waals surface area contributed by atoms with Gasteiger partial charge in [-0.2, -0.15) is 0 Å². The average molecular weight is 397 g/mol. The Hall–Kier alpha value is 1.05. The molecule has 0 aromatic heterocycles. The molecule has 0 amide bonds. The summed E-state index contributed by atoms with van der Waals surface area (Å²) in [6, 6.07) is -0.237. The molecule has 0 aliphatic rings. The molecule has 3 nitrogen and oxygen atoms in total. The van der Waals surface area contributed by atoms with E-state index in [2.05, 4.69) is 22.1 Å². The Morgan fingerprint density at radius 2 is 2.33 bits per heavy atom. The standard InChI is InChI=1S/C7H15I2N2O/c1-6(12)7(10)4-2-3-5-11-9-8/h7,11H,2-5,10H2,1H3/q-1. The van der Waals surface area contributed by atoms with Crippen molar-refractivity contribution in [3.05, 3.63) is 0 Å². The molecule has 0 saturated carbocycles.